The first kappa shape index (κ1) is 17.4. The average Bonchev–Trinajstić information content (AvgIpc) is 3.23. The fourth-order valence-electron chi connectivity index (χ4n) is 3.10. The fraction of sp³-hybridized carbons (Fsp3) is 0.158. The molecule has 27 heavy (non-hydrogen) atoms. The molecule has 0 unspecified atom stereocenters. The Balaban J connectivity index is 1.62. The lowest BCUT2D eigenvalue weighted by Crippen LogP contribution is -2.34. The summed E-state index contributed by atoms with van der Waals surface area (Å²) in [6, 6.07) is 12.3. The van der Waals surface area contributed by atoms with Gasteiger partial charge in [0.2, 0.25) is 0 Å². The number of rotatable bonds is 5. The van der Waals surface area contributed by atoms with Gasteiger partial charge in [-0.2, -0.15) is 0 Å². The van der Waals surface area contributed by atoms with Gasteiger partial charge in [0.25, 0.3) is 11.6 Å². The van der Waals surface area contributed by atoms with Crippen LogP contribution in [0.25, 0.3) is 5.69 Å². The highest BCUT2D eigenvalue weighted by Crippen LogP contribution is 2.46. The van der Waals surface area contributed by atoms with Crippen molar-refractivity contribution in [2.45, 2.75) is 18.4 Å². The quantitative estimate of drug-likeness (QED) is 0.493. The van der Waals surface area contributed by atoms with Gasteiger partial charge in [-0.3, -0.25) is 14.9 Å². The number of aromatic nitrogens is 2. The van der Waals surface area contributed by atoms with Crippen LogP contribution in [0.4, 0.5) is 5.69 Å². The lowest BCUT2D eigenvalue weighted by molar-refractivity contribution is -0.384. The van der Waals surface area contributed by atoms with Crippen LogP contribution in [-0.4, -0.2) is 20.4 Å². The maximum atomic E-state index is 12.8. The Morgan fingerprint density at radius 3 is 2.56 bits per heavy atom. The summed E-state index contributed by atoms with van der Waals surface area (Å²) < 4.78 is 2.52. The normalized spacial score (nSPS) is 14.6. The number of nitro groups is 1. The molecule has 0 radical (unpaired) electrons. The minimum atomic E-state index is -0.492. The van der Waals surface area contributed by atoms with Crippen molar-refractivity contribution in [3.05, 3.63) is 86.9 Å². The predicted octanol–water partition coefficient (Wildman–Crippen LogP) is 3.96. The minimum absolute atomic E-state index is 0.144. The molecule has 1 saturated carbocycles. The third-order valence-corrected chi connectivity index (χ3v) is 5.25. The molecule has 0 aliphatic heterocycles. The third kappa shape index (κ3) is 3.35. The van der Waals surface area contributed by atoms with Gasteiger partial charge in [-0.15, -0.1) is 0 Å². The minimum Gasteiger partial charge on any atom is -0.343 e. The molecule has 8 heteroatoms. The van der Waals surface area contributed by atoms with Gasteiger partial charge in [0.05, 0.1) is 16.8 Å². The summed E-state index contributed by atoms with van der Waals surface area (Å²) in [4.78, 5) is 27.6. The average molecular weight is 427 g/mol. The second-order valence-electron chi connectivity index (χ2n) is 6.47. The number of carbonyl (C=O) groups excluding carboxylic acids is 1. The molecule has 1 aliphatic carbocycles. The van der Waals surface area contributed by atoms with E-state index in [1.54, 1.807) is 29.1 Å². The van der Waals surface area contributed by atoms with Crippen LogP contribution in [0.3, 0.4) is 0 Å². The molecule has 0 spiro atoms. The molecule has 1 fully saturated rings. The number of hydrogen-bond acceptors (Lipinski definition) is 4. The molecule has 1 amide bonds. The number of amides is 1. The molecule has 3 aromatic rings. The number of halogens is 1. The molecule has 1 N–H and O–H groups in total. The number of nitrogens with zero attached hydrogens (tertiary/aromatic N) is 3. The van der Waals surface area contributed by atoms with E-state index < -0.39 is 10.5 Å². The van der Waals surface area contributed by atoms with Crippen molar-refractivity contribution in [3.8, 4) is 5.69 Å². The Morgan fingerprint density at radius 2 is 1.96 bits per heavy atom. The Kier molecular flexibility index (Phi) is 4.27. The van der Waals surface area contributed by atoms with E-state index in [1.165, 1.54) is 12.4 Å². The van der Waals surface area contributed by atoms with Gasteiger partial charge >= 0.3 is 0 Å². The first-order valence-electron chi connectivity index (χ1n) is 8.34. The lowest BCUT2D eigenvalue weighted by Gasteiger charge is -2.18. The van der Waals surface area contributed by atoms with Crippen molar-refractivity contribution in [2.24, 2.45) is 0 Å². The molecule has 0 saturated heterocycles. The second-order valence-corrected chi connectivity index (χ2v) is 7.39. The van der Waals surface area contributed by atoms with E-state index in [0.717, 1.165) is 22.9 Å². The highest BCUT2D eigenvalue weighted by atomic mass is 79.9. The van der Waals surface area contributed by atoms with Gasteiger partial charge in [0, 0.05) is 28.5 Å². The van der Waals surface area contributed by atoms with Crippen molar-refractivity contribution in [1.29, 1.82) is 0 Å². The van der Waals surface area contributed by atoms with Crippen LogP contribution in [0.2, 0.25) is 0 Å². The summed E-state index contributed by atoms with van der Waals surface area (Å²) in [6.45, 7) is 0. The smallest absolute Gasteiger partial charge is 0.294 e. The van der Waals surface area contributed by atoms with Gasteiger partial charge in [-0.25, -0.2) is 4.98 Å². The Morgan fingerprint density at radius 1 is 1.22 bits per heavy atom. The highest BCUT2D eigenvalue weighted by molar-refractivity contribution is 9.10. The van der Waals surface area contributed by atoms with Crippen LogP contribution < -0.4 is 5.32 Å². The first-order valence-corrected chi connectivity index (χ1v) is 9.13. The molecule has 0 atom stereocenters. The van der Waals surface area contributed by atoms with Crippen LogP contribution >= 0.6 is 15.9 Å². The van der Waals surface area contributed by atoms with Crippen molar-refractivity contribution in [1.82, 2.24) is 14.9 Å². The summed E-state index contributed by atoms with van der Waals surface area (Å²) in [6.07, 6.45) is 6.33. The summed E-state index contributed by atoms with van der Waals surface area (Å²) in [5.41, 5.74) is 1.12. The maximum absolute atomic E-state index is 12.8. The molecule has 136 valence electrons. The van der Waals surface area contributed by atoms with Gasteiger partial charge in [-0.1, -0.05) is 28.1 Å². The largest absolute Gasteiger partial charge is 0.343 e. The van der Waals surface area contributed by atoms with E-state index in [4.69, 9.17) is 0 Å². The van der Waals surface area contributed by atoms with E-state index in [1.807, 2.05) is 24.3 Å². The van der Waals surface area contributed by atoms with Crippen LogP contribution in [0.1, 0.15) is 28.8 Å². The Hall–Kier alpha value is -3.00. The molecule has 2 aromatic carbocycles. The van der Waals surface area contributed by atoms with E-state index in [9.17, 15) is 14.9 Å². The van der Waals surface area contributed by atoms with Crippen LogP contribution in [0, 0.1) is 10.1 Å². The Labute approximate surface area is 163 Å². The van der Waals surface area contributed by atoms with E-state index in [0.29, 0.717) is 5.69 Å². The van der Waals surface area contributed by atoms with Gasteiger partial charge in [-0.05, 0) is 42.7 Å². The lowest BCUT2D eigenvalue weighted by atomic mass is 10.0. The number of imidazole rings is 1. The summed E-state index contributed by atoms with van der Waals surface area (Å²) in [7, 11) is 0. The predicted molar refractivity (Wildman–Crippen MR) is 103 cm³/mol. The highest BCUT2D eigenvalue weighted by Gasteiger charge is 2.45. The van der Waals surface area contributed by atoms with Crippen LogP contribution in [-0.2, 0) is 5.54 Å². The second kappa shape index (κ2) is 6.62. The summed E-state index contributed by atoms with van der Waals surface area (Å²) in [5, 5.41) is 14.5. The third-order valence-electron chi connectivity index (χ3n) is 4.72. The molecular weight excluding hydrogens is 412 g/mol. The number of nitrogens with one attached hydrogen (secondary N) is 1. The molecule has 0 bridgehead atoms. The maximum Gasteiger partial charge on any atom is 0.294 e. The van der Waals surface area contributed by atoms with Crippen molar-refractivity contribution in [2.75, 3.05) is 0 Å². The topological polar surface area (TPSA) is 90.1 Å². The summed E-state index contributed by atoms with van der Waals surface area (Å²) >= 11 is 3.41. The van der Waals surface area contributed by atoms with E-state index in [-0.39, 0.29) is 17.2 Å². The SMILES string of the molecule is O=C(NC1(c2ccc(Br)cc2)CC1)c1ccc(-n2ccnc2)c([N+](=O)[O-])c1. The summed E-state index contributed by atoms with van der Waals surface area (Å²) in [5.74, 6) is -0.323. The zero-order chi connectivity index (χ0) is 19.0. The zero-order valence-electron chi connectivity index (χ0n) is 14.1. The van der Waals surface area contributed by atoms with Gasteiger partial charge in [0.15, 0.2) is 0 Å². The molecule has 1 aromatic heterocycles. The molecular formula is C19H15BrN4O3. The fourth-order valence-corrected chi connectivity index (χ4v) is 3.36. The van der Waals surface area contributed by atoms with E-state index in [2.05, 4.69) is 26.2 Å². The standard InChI is InChI=1S/C19H15BrN4O3/c20-15-4-2-14(3-5-15)19(7-8-19)22-18(25)13-1-6-16(17(11-13)24(26)27)23-10-9-21-12-23/h1-6,9-12H,7-8H2,(H,22,25). The van der Waals surface area contributed by atoms with Crippen molar-refractivity contribution < 1.29 is 9.72 Å². The van der Waals surface area contributed by atoms with E-state index >= 15 is 0 Å². The number of nitro benzene ring substituents is 1. The number of benzene rings is 2. The number of carbonyl (C=O) groups is 1. The van der Waals surface area contributed by atoms with Crippen LogP contribution in [0.15, 0.2) is 65.7 Å². The Bertz CT molecular complexity index is 1010. The van der Waals surface area contributed by atoms with Crippen molar-refractivity contribution >= 4 is 27.5 Å². The van der Waals surface area contributed by atoms with Gasteiger partial charge in [0.1, 0.15) is 5.69 Å². The molecule has 1 aliphatic rings. The zero-order valence-corrected chi connectivity index (χ0v) is 15.7. The molecule has 4 rings (SSSR count). The van der Waals surface area contributed by atoms with Crippen LogP contribution in [0.5, 0.6) is 0 Å². The van der Waals surface area contributed by atoms with Crippen molar-refractivity contribution in [3.63, 3.8) is 0 Å². The first-order chi connectivity index (χ1) is 13.0. The van der Waals surface area contributed by atoms with Gasteiger partial charge < -0.3 is 9.88 Å². The molecule has 7 nitrogen and oxygen atoms in total. The molecule has 1 heterocycles. The monoisotopic (exact) mass is 426 g/mol. The number of hydrogen-bond donors (Lipinski definition) is 1.